The molecule has 0 aliphatic heterocycles. The lowest BCUT2D eigenvalue weighted by atomic mass is 10.2. The van der Waals surface area contributed by atoms with Gasteiger partial charge in [0.15, 0.2) is 5.96 Å². The molecule has 0 unspecified atom stereocenters. The minimum Gasteiger partial charge on any atom is -0.357 e. The molecule has 0 amide bonds. The van der Waals surface area contributed by atoms with Crippen molar-refractivity contribution in [2.45, 2.75) is 32.4 Å². The van der Waals surface area contributed by atoms with Gasteiger partial charge in [0, 0.05) is 25.0 Å². The van der Waals surface area contributed by atoms with E-state index in [-0.39, 0.29) is 0 Å². The fraction of sp³-hybridized carbons (Fsp3) is 0.333. The number of benzene rings is 1. The third-order valence-electron chi connectivity index (χ3n) is 3.79. The fourth-order valence-electron chi connectivity index (χ4n) is 2.64. The van der Waals surface area contributed by atoms with Crippen molar-refractivity contribution in [1.29, 1.82) is 0 Å². The number of nitrogens with one attached hydrogen (secondary N) is 2. The van der Waals surface area contributed by atoms with Crippen molar-refractivity contribution >= 4 is 5.96 Å². The van der Waals surface area contributed by atoms with Gasteiger partial charge < -0.3 is 10.6 Å². The highest BCUT2D eigenvalue weighted by molar-refractivity contribution is 5.80. The molecule has 23 heavy (non-hydrogen) atoms. The Morgan fingerprint density at radius 3 is 2.91 bits per heavy atom. The zero-order valence-corrected chi connectivity index (χ0v) is 13.4. The van der Waals surface area contributed by atoms with Gasteiger partial charge in [-0.15, -0.1) is 0 Å². The largest absolute Gasteiger partial charge is 0.357 e. The van der Waals surface area contributed by atoms with E-state index in [4.69, 9.17) is 4.99 Å². The Kier molecular flexibility index (Phi) is 5.09. The third kappa shape index (κ3) is 4.22. The first kappa shape index (κ1) is 15.3. The molecular weight excluding hydrogens is 286 g/mol. The quantitative estimate of drug-likeness (QED) is 0.507. The van der Waals surface area contributed by atoms with E-state index < -0.39 is 0 Å². The first-order valence-corrected chi connectivity index (χ1v) is 8.14. The molecule has 0 saturated carbocycles. The maximum atomic E-state index is 4.71. The van der Waals surface area contributed by atoms with Gasteiger partial charge in [-0.3, -0.25) is 0 Å². The summed E-state index contributed by atoms with van der Waals surface area (Å²) in [6, 6.07) is 10.7. The Bertz CT molecular complexity index is 664. The van der Waals surface area contributed by atoms with E-state index in [1.807, 2.05) is 29.1 Å². The number of hydrogen-bond acceptors (Lipinski definition) is 2. The number of aromatic nitrogens is 2. The number of guanidine groups is 1. The van der Waals surface area contributed by atoms with Gasteiger partial charge in [0.1, 0.15) is 0 Å². The standard InChI is InChI=1S/C18H23N5/c1-2-19-18(22-16-8-3-4-9-16)20-14-15-7-5-10-17(13-15)23-12-6-11-21-23/h3-7,10-13,16H,2,8-9,14H2,1H3,(H2,19,20,22). The number of aliphatic imine (C=N–C) groups is 1. The Labute approximate surface area is 137 Å². The maximum Gasteiger partial charge on any atom is 0.191 e. The van der Waals surface area contributed by atoms with Gasteiger partial charge in [-0.25, -0.2) is 9.67 Å². The second-order valence-corrected chi connectivity index (χ2v) is 5.60. The van der Waals surface area contributed by atoms with Crippen LogP contribution in [0.15, 0.2) is 59.9 Å². The van der Waals surface area contributed by atoms with Crippen LogP contribution in [-0.4, -0.2) is 28.3 Å². The zero-order valence-electron chi connectivity index (χ0n) is 13.4. The average molecular weight is 309 g/mol. The summed E-state index contributed by atoms with van der Waals surface area (Å²) in [6.07, 6.45) is 10.3. The second-order valence-electron chi connectivity index (χ2n) is 5.60. The van der Waals surface area contributed by atoms with Gasteiger partial charge in [-0.1, -0.05) is 24.3 Å². The van der Waals surface area contributed by atoms with Crippen LogP contribution in [0.25, 0.3) is 5.69 Å². The predicted octanol–water partition coefficient (Wildman–Crippen LogP) is 2.65. The maximum absolute atomic E-state index is 4.71. The highest BCUT2D eigenvalue weighted by Crippen LogP contribution is 2.11. The van der Waals surface area contributed by atoms with Crippen LogP contribution in [0.3, 0.4) is 0 Å². The van der Waals surface area contributed by atoms with Crippen LogP contribution in [-0.2, 0) is 6.54 Å². The lowest BCUT2D eigenvalue weighted by molar-refractivity contribution is 0.633. The van der Waals surface area contributed by atoms with Gasteiger partial charge in [-0.05, 0) is 43.5 Å². The molecule has 120 valence electrons. The molecule has 1 heterocycles. The molecule has 0 atom stereocenters. The van der Waals surface area contributed by atoms with Gasteiger partial charge in [0.25, 0.3) is 0 Å². The highest BCUT2D eigenvalue weighted by Gasteiger charge is 2.11. The van der Waals surface area contributed by atoms with E-state index >= 15 is 0 Å². The minimum atomic E-state index is 0.461. The highest BCUT2D eigenvalue weighted by atomic mass is 15.3. The molecule has 5 heteroatoms. The number of nitrogens with zero attached hydrogens (tertiary/aromatic N) is 3. The van der Waals surface area contributed by atoms with E-state index in [9.17, 15) is 0 Å². The molecule has 2 N–H and O–H groups in total. The van der Waals surface area contributed by atoms with Crippen LogP contribution in [0.5, 0.6) is 0 Å². The van der Waals surface area contributed by atoms with Crippen LogP contribution in [0.4, 0.5) is 0 Å². The van der Waals surface area contributed by atoms with Gasteiger partial charge >= 0.3 is 0 Å². The van der Waals surface area contributed by atoms with Crippen molar-refractivity contribution in [3.8, 4) is 5.69 Å². The minimum absolute atomic E-state index is 0.461. The molecular formula is C18H23N5. The van der Waals surface area contributed by atoms with Crippen molar-refractivity contribution in [3.05, 3.63) is 60.4 Å². The molecule has 0 bridgehead atoms. The molecule has 1 aliphatic rings. The molecule has 0 radical (unpaired) electrons. The normalized spacial score (nSPS) is 15.1. The fourth-order valence-corrected chi connectivity index (χ4v) is 2.64. The predicted molar refractivity (Wildman–Crippen MR) is 93.7 cm³/mol. The Hall–Kier alpha value is -2.56. The van der Waals surface area contributed by atoms with Crippen molar-refractivity contribution in [1.82, 2.24) is 20.4 Å². The number of rotatable bonds is 5. The number of hydrogen-bond donors (Lipinski definition) is 2. The Morgan fingerprint density at radius 2 is 2.17 bits per heavy atom. The summed E-state index contributed by atoms with van der Waals surface area (Å²) in [5.74, 6) is 0.880. The van der Waals surface area contributed by atoms with Gasteiger partial charge in [0.2, 0.25) is 0 Å². The summed E-state index contributed by atoms with van der Waals surface area (Å²) in [7, 11) is 0. The molecule has 1 aromatic carbocycles. The molecule has 0 saturated heterocycles. The molecule has 2 aromatic rings. The van der Waals surface area contributed by atoms with Crippen LogP contribution < -0.4 is 10.6 Å². The third-order valence-corrected chi connectivity index (χ3v) is 3.79. The molecule has 3 rings (SSSR count). The smallest absolute Gasteiger partial charge is 0.191 e. The van der Waals surface area contributed by atoms with Crippen molar-refractivity contribution in [2.75, 3.05) is 6.54 Å². The molecule has 5 nitrogen and oxygen atoms in total. The second kappa shape index (κ2) is 7.63. The molecule has 1 aromatic heterocycles. The summed E-state index contributed by atoms with van der Waals surface area (Å²) in [5.41, 5.74) is 2.22. The SMILES string of the molecule is CCNC(=NCc1cccc(-n2cccn2)c1)NC1CC=CC1. The first-order chi connectivity index (χ1) is 11.3. The summed E-state index contributed by atoms with van der Waals surface area (Å²) < 4.78 is 1.86. The summed E-state index contributed by atoms with van der Waals surface area (Å²) in [5, 5.41) is 11.1. The summed E-state index contributed by atoms with van der Waals surface area (Å²) in [4.78, 5) is 4.71. The van der Waals surface area contributed by atoms with Crippen molar-refractivity contribution in [3.63, 3.8) is 0 Å². The van der Waals surface area contributed by atoms with Gasteiger partial charge in [-0.2, -0.15) is 5.10 Å². The Balaban J connectivity index is 1.67. The van der Waals surface area contributed by atoms with Crippen molar-refractivity contribution in [2.24, 2.45) is 4.99 Å². The molecule has 0 fully saturated rings. The van der Waals surface area contributed by atoms with Gasteiger partial charge in [0.05, 0.1) is 12.2 Å². The average Bonchev–Trinajstić information content (AvgIpc) is 3.27. The van der Waals surface area contributed by atoms with Crippen LogP contribution in [0.2, 0.25) is 0 Å². The van der Waals surface area contributed by atoms with Crippen LogP contribution >= 0.6 is 0 Å². The van der Waals surface area contributed by atoms with E-state index in [1.54, 1.807) is 6.20 Å². The molecule has 0 spiro atoms. The lowest BCUT2D eigenvalue weighted by Gasteiger charge is -2.16. The van der Waals surface area contributed by atoms with E-state index in [2.05, 4.69) is 46.9 Å². The van der Waals surface area contributed by atoms with E-state index in [0.29, 0.717) is 12.6 Å². The van der Waals surface area contributed by atoms with Crippen molar-refractivity contribution < 1.29 is 0 Å². The van der Waals surface area contributed by atoms with E-state index in [1.165, 1.54) is 5.56 Å². The summed E-state index contributed by atoms with van der Waals surface area (Å²) in [6.45, 7) is 3.59. The van der Waals surface area contributed by atoms with Crippen LogP contribution in [0, 0.1) is 0 Å². The topological polar surface area (TPSA) is 54.2 Å². The first-order valence-electron chi connectivity index (χ1n) is 8.14. The zero-order chi connectivity index (χ0) is 15.9. The lowest BCUT2D eigenvalue weighted by Crippen LogP contribution is -2.42. The molecule has 1 aliphatic carbocycles. The Morgan fingerprint density at radius 1 is 1.30 bits per heavy atom. The summed E-state index contributed by atoms with van der Waals surface area (Å²) >= 11 is 0. The van der Waals surface area contributed by atoms with Crippen LogP contribution in [0.1, 0.15) is 25.3 Å². The monoisotopic (exact) mass is 309 g/mol. The van der Waals surface area contributed by atoms with E-state index in [0.717, 1.165) is 31.0 Å².